The molecule has 21 heavy (non-hydrogen) atoms. The van der Waals surface area contributed by atoms with Crippen molar-refractivity contribution in [3.8, 4) is 0 Å². The minimum atomic E-state index is -0.196. The molecule has 1 amide bonds. The van der Waals surface area contributed by atoms with E-state index in [1.54, 1.807) is 4.90 Å². The number of ether oxygens (including phenoxy) is 1. The molecule has 1 aromatic carbocycles. The first-order valence-corrected chi connectivity index (χ1v) is 7.91. The molecule has 0 unspecified atom stereocenters. The summed E-state index contributed by atoms with van der Waals surface area (Å²) in [5.41, 5.74) is 1.19. The number of likely N-dealkylation sites (tertiary alicyclic amines) is 1. The topological polar surface area (TPSA) is 41.6 Å². The number of nitrogens with zero attached hydrogens (tertiary/aromatic N) is 1. The van der Waals surface area contributed by atoms with Gasteiger partial charge in [0.05, 0.1) is 6.61 Å². The lowest BCUT2D eigenvalue weighted by molar-refractivity contribution is 0.0944. The molecule has 1 aliphatic heterocycles. The fourth-order valence-electron chi connectivity index (χ4n) is 2.67. The summed E-state index contributed by atoms with van der Waals surface area (Å²) < 4.78 is 5.03. The van der Waals surface area contributed by atoms with Crippen molar-refractivity contribution in [2.24, 2.45) is 0 Å². The maximum Gasteiger partial charge on any atom is 0.409 e. The highest BCUT2D eigenvalue weighted by Crippen LogP contribution is 2.20. The van der Waals surface area contributed by atoms with Gasteiger partial charge in [-0.3, -0.25) is 0 Å². The van der Waals surface area contributed by atoms with Crippen LogP contribution in [0.4, 0.5) is 4.79 Å². The Morgan fingerprint density at radius 3 is 2.81 bits per heavy atom. The Labute approximate surface area is 131 Å². The van der Waals surface area contributed by atoms with Gasteiger partial charge in [-0.2, -0.15) is 0 Å². The summed E-state index contributed by atoms with van der Waals surface area (Å²) in [6.07, 6.45) is 1.70. The van der Waals surface area contributed by atoms with Crippen LogP contribution in [-0.4, -0.2) is 36.7 Å². The Bertz CT molecular complexity index is 473. The average molecular weight is 311 g/mol. The molecule has 1 aliphatic rings. The molecule has 4 nitrogen and oxygen atoms in total. The lowest BCUT2D eigenvalue weighted by Crippen LogP contribution is -2.45. The van der Waals surface area contributed by atoms with E-state index in [0.29, 0.717) is 12.6 Å². The predicted octanol–water partition coefficient (Wildman–Crippen LogP) is 3.61. The van der Waals surface area contributed by atoms with Crippen molar-refractivity contribution in [1.29, 1.82) is 0 Å². The smallest absolute Gasteiger partial charge is 0.409 e. The molecule has 0 saturated carbocycles. The van der Waals surface area contributed by atoms with Crippen LogP contribution in [0.25, 0.3) is 0 Å². The third kappa shape index (κ3) is 4.61. The van der Waals surface area contributed by atoms with Crippen LogP contribution in [0.1, 0.15) is 38.3 Å². The van der Waals surface area contributed by atoms with Gasteiger partial charge in [0.25, 0.3) is 0 Å². The number of benzene rings is 1. The van der Waals surface area contributed by atoms with Gasteiger partial charge in [-0.05, 0) is 44.4 Å². The maximum absolute atomic E-state index is 11.7. The fourth-order valence-corrected chi connectivity index (χ4v) is 2.87. The standard InChI is InChI=1S/C16H23ClN2O2/c1-3-21-16(20)19-9-7-15(8-10-19)18-12(2)13-5-4-6-14(17)11-13/h4-6,11-12,15,18H,3,7-10H2,1-2H3/t12-/m0/s1. The zero-order valence-electron chi connectivity index (χ0n) is 12.6. The summed E-state index contributed by atoms with van der Waals surface area (Å²) >= 11 is 6.03. The van der Waals surface area contributed by atoms with Crippen LogP contribution in [0.15, 0.2) is 24.3 Å². The first-order chi connectivity index (χ1) is 10.1. The molecule has 116 valence electrons. The van der Waals surface area contributed by atoms with Gasteiger partial charge in [0.2, 0.25) is 0 Å². The van der Waals surface area contributed by atoms with Gasteiger partial charge in [-0.25, -0.2) is 4.79 Å². The Balaban J connectivity index is 1.82. The molecular weight excluding hydrogens is 288 g/mol. The first-order valence-electron chi connectivity index (χ1n) is 7.53. The van der Waals surface area contributed by atoms with E-state index < -0.39 is 0 Å². The lowest BCUT2D eigenvalue weighted by atomic mass is 10.0. The summed E-state index contributed by atoms with van der Waals surface area (Å²) in [5, 5.41) is 4.38. The van der Waals surface area contributed by atoms with E-state index in [0.717, 1.165) is 31.0 Å². The quantitative estimate of drug-likeness (QED) is 0.923. The molecule has 1 fully saturated rings. The van der Waals surface area contributed by atoms with Gasteiger partial charge in [0, 0.05) is 30.2 Å². The molecule has 1 atom stereocenters. The van der Waals surface area contributed by atoms with Gasteiger partial charge in [0.15, 0.2) is 0 Å². The zero-order chi connectivity index (χ0) is 15.2. The highest BCUT2D eigenvalue weighted by atomic mass is 35.5. The lowest BCUT2D eigenvalue weighted by Gasteiger charge is -2.33. The summed E-state index contributed by atoms with van der Waals surface area (Å²) in [6, 6.07) is 8.60. The molecule has 1 saturated heterocycles. The Hall–Kier alpha value is -1.26. The van der Waals surface area contributed by atoms with E-state index in [2.05, 4.69) is 18.3 Å². The van der Waals surface area contributed by atoms with Crippen molar-refractivity contribution in [2.45, 2.75) is 38.8 Å². The van der Waals surface area contributed by atoms with E-state index >= 15 is 0 Å². The number of rotatable bonds is 4. The van der Waals surface area contributed by atoms with Gasteiger partial charge < -0.3 is 15.0 Å². The Morgan fingerprint density at radius 1 is 1.48 bits per heavy atom. The number of amides is 1. The summed E-state index contributed by atoms with van der Waals surface area (Å²) in [6.45, 7) is 5.91. The van der Waals surface area contributed by atoms with E-state index in [4.69, 9.17) is 16.3 Å². The van der Waals surface area contributed by atoms with E-state index in [-0.39, 0.29) is 12.1 Å². The van der Waals surface area contributed by atoms with Crippen molar-refractivity contribution in [3.05, 3.63) is 34.9 Å². The van der Waals surface area contributed by atoms with Gasteiger partial charge in [-0.1, -0.05) is 23.7 Å². The van der Waals surface area contributed by atoms with Crippen molar-refractivity contribution >= 4 is 17.7 Å². The van der Waals surface area contributed by atoms with Crippen molar-refractivity contribution < 1.29 is 9.53 Å². The van der Waals surface area contributed by atoms with E-state index in [1.807, 2.05) is 25.1 Å². The highest BCUT2D eigenvalue weighted by Gasteiger charge is 2.24. The van der Waals surface area contributed by atoms with Crippen LogP contribution in [0, 0.1) is 0 Å². The molecular formula is C16H23ClN2O2. The van der Waals surface area contributed by atoms with Crippen LogP contribution < -0.4 is 5.32 Å². The molecule has 0 spiro atoms. The van der Waals surface area contributed by atoms with Crippen LogP contribution in [-0.2, 0) is 4.74 Å². The summed E-state index contributed by atoms with van der Waals surface area (Å²) in [7, 11) is 0. The second-order valence-corrected chi connectivity index (χ2v) is 5.84. The monoisotopic (exact) mass is 310 g/mol. The molecule has 0 aliphatic carbocycles. The third-order valence-corrected chi connectivity index (χ3v) is 4.09. The minimum Gasteiger partial charge on any atom is -0.450 e. The molecule has 1 heterocycles. The molecule has 0 bridgehead atoms. The normalized spacial score (nSPS) is 17.6. The SMILES string of the molecule is CCOC(=O)N1CCC(N[C@@H](C)c2cccc(Cl)c2)CC1. The Kier molecular flexibility index (Phi) is 5.88. The number of carbonyl (C=O) groups is 1. The van der Waals surface area contributed by atoms with Crippen LogP contribution in [0.5, 0.6) is 0 Å². The molecule has 2 rings (SSSR count). The van der Waals surface area contributed by atoms with Crippen molar-refractivity contribution in [2.75, 3.05) is 19.7 Å². The molecule has 5 heteroatoms. The zero-order valence-corrected chi connectivity index (χ0v) is 13.4. The average Bonchev–Trinajstić information content (AvgIpc) is 2.48. The second-order valence-electron chi connectivity index (χ2n) is 5.40. The molecule has 1 aromatic rings. The van der Waals surface area contributed by atoms with E-state index in [1.165, 1.54) is 5.56 Å². The predicted molar refractivity (Wildman–Crippen MR) is 84.6 cm³/mol. The highest BCUT2D eigenvalue weighted by molar-refractivity contribution is 6.30. The van der Waals surface area contributed by atoms with Crippen LogP contribution in [0.2, 0.25) is 5.02 Å². The van der Waals surface area contributed by atoms with Crippen LogP contribution in [0.3, 0.4) is 0 Å². The minimum absolute atomic E-state index is 0.196. The van der Waals surface area contributed by atoms with Gasteiger partial charge >= 0.3 is 6.09 Å². The largest absolute Gasteiger partial charge is 0.450 e. The fraction of sp³-hybridized carbons (Fsp3) is 0.562. The molecule has 0 radical (unpaired) electrons. The van der Waals surface area contributed by atoms with Crippen LogP contribution >= 0.6 is 11.6 Å². The Morgan fingerprint density at radius 2 is 2.19 bits per heavy atom. The molecule has 0 aromatic heterocycles. The van der Waals surface area contributed by atoms with Crippen molar-refractivity contribution in [3.63, 3.8) is 0 Å². The maximum atomic E-state index is 11.7. The number of piperidine rings is 1. The number of nitrogens with one attached hydrogen (secondary N) is 1. The summed E-state index contributed by atoms with van der Waals surface area (Å²) in [5.74, 6) is 0. The molecule has 1 N–H and O–H groups in total. The second kappa shape index (κ2) is 7.66. The number of hydrogen-bond donors (Lipinski definition) is 1. The number of hydrogen-bond acceptors (Lipinski definition) is 3. The van der Waals surface area contributed by atoms with E-state index in [9.17, 15) is 4.79 Å². The first kappa shape index (κ1) is 16.1. The number of halogens is 1. The number of carbonyl (C=O) groups excluding carboxylic acids is 1. The summed E-state index contributed by atoms with van der Waals surface area (Å²) in [4.78, 5) is 13.4. The third-order valence-electron chi connectivity index (χ3n) is 3.86. The van der Waals surface area contributed by atoms with Gasteiger partial charge in [-0.15, -0.1) is 0 Å². The van der Waals surface area contributed by atoms with Gasteiger partial charge in [0.1, 0.15) is 0 Å². The van der Waals surface area contributed by atoms with Crippen molar-refractivity contribution in [1.82, 2.24) is 10.2 Å².